The topological polar surface area (TPSA) is 62.1 Å². The van der Waals surface area contributed by atoms with Gasteiger partial charge in [-0.1, -0.05) is 11.6 Å². The number of anilines is 1. The highest BCUT2D eigenvalue weighted by atomic mass is 127. The molecule has 1 amide bonds. The molecular formula is C15H9ClFIN2O2. The van der Waals surface area contributed by atoms with Gasteiger partial charge >= 0.3 is 0 Å². The van der Waals surface area contributed by atoms with Gasteiger partial charge < -0.3 is 10.1 Å². The molecule has 0 heterocycles. The van der Waals surface area contributed by atoms with Gasteiger partial charge in [0.1, 0.15) is 17.6 Å². The van der Waals surface area contributed by atoms with Gasteiger partial charge in [-0.25, -0.2) is 4.39 Å². The van der Waals surface area contributed by atoms with Crippen molar-refractivity contribution in [2.75, 3.05) is 12.4 Å². The van der Waals surface area contributed by atoms with Crippen LogP contribution < -0.4 is 10.1 Å². The number of hydrogen-bond acceptors (Lipinski definition) is 3. The number of nitrogens with one attached hydrogen (secondary N) is 1. The molecule has 112 valence electrons. The number of carbonyl (C=O) groups excluding carboxylic acids is 1. The molecule has 0 bridgehead atoms. The molecule has 2 aromatic rings. The van der Waals surface area contributed by atoms with Gasteiger partial charge in [-0.3, -0.25) is 4.79 Å². The van der Waals surface area contributed by atoms with Crippen molar-refractivity contribution < 1.29 is 13.9 Å². The molecule has 0 saturated heterocycles. The third-order valence-electron chi connectivity index (χ3n) is 2.83. The molecule has 0 aliphatic heterocycles. The first kappa shape index (κ1) is 16.5. The minimum Gasteiger partial charge on any atom is -0.496 e. The molecule has 0 aliphatic rings. The van der Waals surface area contributed by atoms with E-state index in [0.29, 0.717) is 16.5 Å². The zero-order valence-corrected chi connectivity index (χ0v) is 14.2. The van der Waals surface area contributed by atoms with Gasteiger partial charge in [0.2, 0.25) is 0 Å². The number of ether oxygens (including phenoxy) is 1. The molecule has 0 aliphatic carbocycles. The van der Waals surface area contributed by atoms with Crippen LogP contribution in [0, 0.1) is 20.7 Å². The molecular weight excluding hydrogens is 422 g/mol. The lowest BCUT2D eigenvalue weighted by Crippen LogP contribution is -2.13. The molecule has 2 rings (SSSR count). The Bertz CT molecular complexity index is 790. The Kier molecular flexibility index (Phi) is 5.21. The van der Waals surface area contributed by atoms with Crippen molar-refractivity contribution in [1.29, 1.82) is 5.26 Å². The first-order valence-corrected chi connectivity index (χ1v) is 7.46. The van der Waals surface area contributed by atoms with Gasteiger partial charge in [0.25, 0.3) is 5.91 Å². The second-order valence-corrected chi connectivity index (χ2v) is 5.80. The van der Waals surface area contributed by atoms with Crippen LogP contribution in [0.3, 0.4) is 0 Å². The predicted octanol–water partition coefficient (Wildman–Crippen LogP) is 4.22. The van der Waals surface area contributed by atoms with E-state index in [0.717, 1.165) is 9.64 Å². The molecule has 0 spiro atoms. The number of nitriles is 1. The number of hydrogen-bond donors (Lipinski definition) is 1. The number of halogens is 3. The lowest BCUT2D eigenvalue weighted by atomic mass is 10.1. The molecule has 22 heavy (non-hydrogen) atoms. The SMILES string of the molecule is COc1cc(I)c(Cl)cc1C(=O)Nc1ccc(F)c(C#N)c1. The summed E-state index contributed by atoms with van der Waals surface area (Å²) < 4.78 is 19.2. The molecule has 7 heteroatoms. The molecule has 0 fully saturated rings. The second kappa shape index (κ2) is 6.94. The van der Waals surface area contributed by atoms with E-state index in [-0.39, 0.29) is 11.1 Å². The van der Waals surface area contributed by atoms with E-state index in [1.807, 2.05) is 22.6 Å². The van der Waals surface area contributed by atoms with Gasteiger partial charge in [0.15, 0.2) is 0 Å². The maximum Gasteiger partial charge on any atom is 0.259 e. The van der Waals surface area contributed by atoms with E-state index in [9.17, 15) is 9.18 Å². The van der Waals surface area contributed by atoms with Crippen molar-refractivity contribution in [2.24, 2.45) is 0 Å². The number of carbonyl (C=O) groups is 1. The maximum absolute atomic E-state index is 13.3. The molecule has 2 aromatic carbocycles. The zero-order valence-electron chi connectivity index (χ0n) is 11.3. The van der Waals surface area contributed by atoms with Crippen LogP contribution in [0.15, 0.2) is 30.3 Å². The molecule has 0 aromatic heterocycles. The minimum absolute atomic E-state index is 0.148. The molecule has 4 nitrogen and oxygen atoms in total. The van der Waals surface area contributed by atoms with Crippen LogP contribution in [0.1, 0.15) is 15.9 Å². The highest BCUT2D eigenvalue weighted by molar-refractivity contribution is 14.1. The maximum atomic E-state index is 13.3. The van der Waals surface area contributed by atoms with Gasteiger partial charge in [0.05, 0.1) is 23.3 Å². The van der Waals surface area contributed by atoms with E-state index in [2.05, 4.69) is 5.32 Å². The summed E-state index contributed by atoms with van der Waals surface area (Å²) in [5.74, 6) is -0.741. The smallest absolute Gasteiger partial charge is 0.259 e. The molecule has 0 saturated carbocycles. The van der Waals surface area contributed by atoms with E-state index >= 15 is 0 Å². The molecule has 0 atom stereocenters. The van der Waals surface area contributed by atoms with Crippen LogP contribution in [0.2, 0.25) is 5.02 Å². The third-order valence-corrected chi connectivity index (χ3v) is 4.36. The summed E-state index contributed by atoms with van der Waals surface area (Å²) in [6, 6.07) is 8.59. The summed E-state index contributed by atoms with van der Waals surface area (Å²) in [4.78, 5) is 12.3. The number of nitrogens with zero attached hydrogens (tertiary/aromatic N) is 1. The number of amides is 1. The van der Waals surface area contributed by atoms with Crippen LogP contribution in [-0.2, 0) is 0 Å². The minimum atomic E-state index is -0.643. The first-order valence-electron chi connectivity index (χ1n) is 6.00. The Labute approximate surface area is 145 Å². The van der Waals surface area contributed by atoms with E-state index in [4.69, 9.17) is 21.6 Å². The Balaban J connectivity index is 2.34. The van der Waals surface area contributed by atoms with Crippen molar-refractivity contribution in [1.82, 2.24) is 0 Å². The van der Waals surface area contributed by atoms with Crippen LogP contribution >= 0.6 is 34.2 Å². The predicted molar refractivity (Wildman–Crippen MR) is 89.8 cm³/mol. The zero-order chi connectivity index (χ0) is 16.3. The Hall–Kier alpha value is -1.85. The number of benzene rings is 2. The van der Waals surface area contributed by atoms with Gasteiger partial charge in [0, 0.05) is 9.26 Å². The first-order chi connectivity index (χ1) is 10.5. The normalized spacial score (nSPS) is 9.95. The van der Waals surface area contributed by atoms with Crippen LogP contribution in [-0.4, -0.2) is 13.0 Å². The lowest BCUT2D eigenvalue weighted by molar-refractivity contribution is 0.102. The average molecular weight is 431 g/mol. The standard InChI is InChI=1S/C15H9ClFIN2O2/c1-22-14-6-13(18)11(16)5-10(14)15(21)20-9-2-3-12(17)8(4-9)7-19/h2-6H,1H3,(H,20,21). The number of methoxy groups -OCH3 is 1. The molecule has 0 unspecified atom stereocenters. The summed E-state index contributed by atoms with van der Waals surface area (Å²) >= 11 is 8.05. The van der Waals surface area contributed by atoms with Gasteiger partial charge in [-0.2, -0.15) is 5.26 Å². The third kappa shape index (κ3) is 3.48. The van der Waals surface area contributed by atoms with Crippen molar-refractivity contribution in [2.45, 2.75) is 0 Å². The Morgan fingerprint density at radius 3 is 2.77 bits per heavy atom. The summed E-state index contributed by atoms with van der Waals surface area (Å²) in [6.07, 6.45) is 0. The average Bonchev–Trinajstić information content (AvgIpc) is 2.51. The van der Waals surface area contributed by atoms with Crippen LogP contribution in [0.4, 0.5) is 10.1 Å². The Morgan fingerprint density at radius 2 is 2.14 bits per heavy atom. The lowest BCUT2D eigenvalue weighted by Gasteiger charge is -2.11. The summed E-state index contributed by atoms with van der Waals surface area (Å²) in [5, 5.41) is 11.8. The summed E-state index contributed by atoms with van der Waals surface area (Å²) in [6.45, 7) is 0. The van der Waals surface area contributed by atoms with Crippen molar-refractivity contribution in [3.05, 3.63) is 55.9 Å². The van der Waals surface area contributed by atoms with Crippen molar-refractivity contribution >= 4 is 45.8 Å². The van der Waals surface area contributed by atoms with Gasteiger partial charge in [-0.15, -0.1) is 0 Å². The summed E-state index contributed by atoms with van der Waals surface area (Å²) in [5.41, 5.74) is 0.404. The second-order valence-electron chi connectivity index (χ2n) is 4.23. The van der Waals surface area contributed by atoms with Crippen molar-refractivity contribution in [3.8, 4) is 11.8 Å². The highest BCUT2D eigenvalue weighted by Gasteiger charge is 2.16. The van der Waals surface area contributed by atoms with Crippen LogP contribution in [0.25, 0.3) is 0 Å². The highest BCUT2D eigenvalue weighted by Crippen LogP contribution is 2.29. The summed E-state index contributed by atoms with van der Waals surface area (Å²) in [7, 11) is 1.45. The number of rotatable bonds is 3. The fraction of sp³-hybridized carbons (Fsp3) is 0.0667. The van der Waals surface area contributed by atoms with Crippen LogP contribution in [0.5, 0.6) is 5.75 Å². The van der Waals surface area contributed by atoms with Crippen molar-refractivity contribution in [3.63, 3.8) is 0 Å². The van der Waals surface area contributed by atoms with E-state index in [1.165, 1.54) is 25.3 Å². The fourth-order valence-corrected chi connectivity index (χ4v) is 2.36. The van der Waals surface area contributed by atoms with E-state index < -0.39 is 11.7 Å². The quantitative estimate of drug-likeness (QED) is 0.742. The fourth-order valence-electron chi connectivity index (χ4n) is 1.76. The molecule has 0 radical (unpaired) electrons. The monoisotopic (exact) mass is 430 g/mol. The Morgan fingerprint density at radius 1 is 1.41 bits per heavy atom. The van der Waals surface area contributed by atoms with E-state index in [1.54, 1.807) is 12.1 Å². The largest absolute Gasteiger partial charge is 0.496 e. The molecule has 1 N–H and O–H groups in total. The van der Waals surface area contributed by atoms with Gasteiger partial charge in [-0.05, 0) is 52.9 Å².